The summed E-state index contributed by atoms with van der Waals surface area (Å²) in [5.41, 5.74) is 2.73. The second kappa shape index (κ2) is 9.23. The van der Waals surface area contributed by atoms with Crippen LogP contribution in [0.15, 0.2) is 81.2 Å². The molecule has 0 aliphatic carbocycles. The second-order valence-corrected chi connectivity index (χ2v) is 9.18. The van der Waals surface area contributed by atoms with Crippen LogP contribution in [0.3, 0.4) is 0 Å². The topological polar surface area (TPSA) is 84.8 Å². The number of aryl methyl sites for hydroxylation is 2. The van der Waals surface area contributed by atoms with Crippen molar-refractivity contribution < 1.29 is 17.9 Å². The average molecular weight is 487 g/mol. The molecule has 6 nitrogen and oxygen atoms in total. The van der Waals surface area contributed by atoms with E-state index < -0.39 is 16.0 Å². The largest absolute Gasteiger partial charge is 0.422 e. The number of hydrazone groups is 1. The van der Waals surface area contributed by atoms with Crippen LogP contribution in [-0.4, -0.2) is 20.6 Å². The van der Waals surface area contributed by atoms with E-state index in [4.69, 9.17) is 4.74 Å². The highest BCUT2D eigenvalue weighted by Gasteiger charge is 2.14. The molecule has 0 spiro atoms. The molecule has 0 aliphatic rings. The number of halogens is 1. The Bertz CT molecular complexity index is 1210. The zero-order chi connectivity index (χ0) is 21.7. The molecule has 0 heterocycles. The monoisotopic (exact) mass is 486 g/mol. The summed E-state index contributed by atoms with van der Waals surface area (Å²) in [7, 11) is -3.81. The molecule has 0 saturated carbocycles. The Morgan fingerprint density at radius 1 is 1.00 bits per heavy atom. The molecule has 0 fully saturated rings. The Morgan fingerprint density at radius 3 is 2.43 bits per heavy atom. The molecule has 0 radical (unpaired) electrons. The number of rotatable bonds is 6. The average Bonchev–Trinajstić information content (AvgIpc) is 2.70. The Morgan fingerprint density at radius 2 is 1.73 bits per heavy atom. The molecular weight excluding hydrogens is 468 g/mol. The fourth-order valence-electron chi connectivity index (χ4n) is 2.58. The molecule has 3 aromatic rings. The predicted molar refractivity (Wildman–Crippen MR) is 119 cm³/mol. The third-order valence-electron chi connectivity index (χ3n) is 4.14. The highest BCUT2D eigenvalue weighted by atomic mass is 79.9. The van der Waals surface area contributed by atoms with Crippen LogP contribution in [0, 0.1) is 13.8 Å². The van der Waals surface area contributed by atoms with Crippen LogP contribution in [-0.2, 0) is 10.0 Å². The van der Waals surface area contributed by atoms with Crippen molar-refractivity contribution in [3.63, 3.8) is 0 Å². The summed E-state index contributed by atoms with van der Waals surface area (Å²) in [5.74, 6) is -0.265. The molecular formula is C22H19BrN2O4S. The summed E-state index contributed by atoms with van der Waals surface area (Å²) >= 11 is 3.35. The number of hydrogen-bond acceptors (Lipinski definition) is 5. The van der Waals surface area contributed by atoms with Crippen LogP contribution in [0.1, 0.15) is 27.0 Å². The second-order valence-electron chi connectivity index (χ2n) is 6.61. The zero-order valence-corrected chi connectivity index (χ0v) is 18.7. The fraction of sp³-hybridized carbons (Fsp3) is 0.0909. The van der Waals surface area contributed by atoms with Gasteiger partial charge in [0.25, 0.3) is 10.0 Å². The van der Waals surface area contributed by atoms with Gasteiger partial charge in [-0.1, -0.05) is 51.3 Å². The van der Waals surface area contributed by atoms with Crippen molar-refractivity contribution in [2.24, 2.45) is 5.10 Å². The molecule has 3 aromatic carbocycles. The summed E-state index contributed by atoms with van der Waals surface area (Å²) in [4.78, 5) is 14.7. The maximum atomic E-state index is 12.5. The lowest BCUT2D eigenvalue weighted by Crippen LogP contribution is -2.18. The predicted octanol–water partition coefficient (Wildman–Crippen LogP) is 4.60. The van der Waals surface area contributed by atoms with E-state index in [2.05, 4.69) is 25.9 Å². The number of carbonyl (C=O) groups excluding carboxylic acids is 1. The third kappa shape index (κ3) is 5.55. The first-order valence-corrected chi connectivity index (χ1v) is 11.2. The van der Waals surface area contributed by atoms with Crippen LogP contribution < -0.4 is 9.57 Å². The lowest BCUT2D eigenvalue weighted by Gasteiger charge is -2.09. The number of nitrogens with zero attached hydrogens (tertiary/aromatic N) is 1. The van der Waals surface area contributed by atoms with Gasteiger partial charge in [0.1, 0.15) is 5.75 Å². The summed E-state index contributed by atoms with van der Waals surface area (Å²) < 4.78 is 30.9. The normalized spacial score (nSPS) is 11.4. The first kappa shape index (κ1) is 21.7. The molecule has 1 N–H and O–H groups in total. The van der Waals surface area contributed by atoms with E-state index in [1.165, 1.54) is 18.3 Å². The lowest BCUT2D eigenvalue weighted by atomic mass is 10.1. The smallest absolute Gasteiger partial charge is 0.343 e. The van der Waals surface area contributed by atoms with Gasteiger partial charge in [-0.15, -0.1) is 0 Å². The van der Waals surface area contributed by atoms with E-state index in [-0.39, 0.29) is 10.6 Å². The van der Waals surface area contributed by atoms with Crippen molar-refractivity contribution in [1.29, 1.82) is 0 Å². The first-order valence-electron chi connectivity index (χ1n) is 8.94. The number of nitrogens with one attached hydrogen (secondary N) is 1. The number of carbonyl (C=O) groups is 1. The van der Waals surface area contributed by atoms with E-state index >= 15 is 0 Å². The quantitative estimate of drug-likeness (QED) is 0.239. The highest BCUT2D eigenvalue weighted by Crippen LogP contribution is 2.23. The summed E-state index contributed by atoms with van der Waals surface area (Å²) in [6, 6.07) is 18.4. The number of ether oxygens (including phenoxy) is 1. The fourth-order valence-corrected chi connectivity index (χ4v) is 3.75. The standard InChI is InChI=1S/C22H19BrN2O4S/c1-15-6-9-20(10-7-15)30(27,28)25-24-14-18-13-19(23)8-11-21(18)29-22(26)17-5-3-4-16(2)12-17/h3-14,25H,1-2H3. The van der Waals surface area contributed by atoms with Gasteiger partial charge in [-0.25, -0.2) is 9.63 Å². The SMILES string of the molecule is Cc1ccc(S(=O)(=O)NN=Cc2cc(Br)ccc2OC(=O)c2cccc(C)c2)cc1. The van der Waals surface area contributed by atoms with Gasteiger partial charge in [-0.2, -0.15) is 13.5 Å². The zero-order valence-electron chi connectivity index (χ0n) is 16.3. The van der Waals surface area contributed by atoms with Gasteiger partial charge in [-0.05, 0) is 56.3 Å². The highest BCUT2D eigenvalue weighted by molar-refractivity contribution is 9.10. The van der Waals surface area contributed by atoms with Crippen molar-refractivity contribution in [3.05, 3.63) is 93.5 Å². The Kier molecular flexibility index (Phi) is 6.69. The van der Waals surface area contributed by atoms with Gasteiger partial charge in [0, 0.05) is 10.0 Å². The van der Waals surface area contributed by atoms with Crippen molar-refractivity contribution in [1.82, 2.24) is 4.83 Å². The van der Waals surface area contributed by atoms with E-state index in [0.29, 0.717) is 11.1 Å². The van der Waals surface area contributed by atoms with Crippen molar-refractivity contribution in [3.8, 4) is 5.75 Å². The maximum Gasteiger partial charge on any atom is 0.343 e. The van der Waals surface area contributed by atoms with Gasteiger partial charge < -0.3 is 4.74 Å². The molecule has 0 amide bonds. The Hall–Kier alpha value is -2.97. The summed E-state index contributed by atoms with van der Waals surface area (Å²) in [6.07, 6.45) is 1.29. The molecule has 3 rings (SSSR count). The molecule has 0 saturated heterocycles. The Balaban J connectivity index is 1.79. The minimum Gasteiger partial charge on any atom is -0.422 e. The molecule has 0 unspecified atom stereocenters. The van der Waals surface area contributed by atoms with Crippen molar-refractivity contribution in [2.45, 2.75) is 18.7 Å². The molecule has 0 atom stereocenters. The van der Waals surface area contributed by atoms with Gasteiger partial charge in [0.2, 0.25) is 0 Å². The first-order chi connectivity index (χ1) is 14.2. The van der Waals surface area contributed by atoms with Gasteiger partial charge in [0.05, 0.1) is 16.7 Å². The van der Waals surface area contributed by atoms with Crippen LogP contribution in [0.25, 0.3) is 0 Å². The minimum absolute atomic E-state index is 0.102. The van der Waals surface area contributed by atoms with E-state index in [1.54, 1.807) is 48.5 Å². The summed E-state index contributed by atoms with van der Waals surface area (Å²) in [5, 5.41) is 3.83. The summed E-state index contributed by atoms with van der Waals surface area (Å²) in [6.45, 7) is 3.75. The van der Waals surface area contributed by atoms with E-state index in [9.17, 15) is 13.2 Å². The third-order valence-corrected chi connectivity index (χ3v) is 5.87. The lowest BCUT2D eigenvalue weighted by molar-refractivity contribution is 0.0734. The van der Waals surface area contributed by atoms with Crippen LogP contribution >= 0.6 is 15.9 Å². The maximum absolute atomic E-state index is 12.5. The van der Waals surface area contributed by atoms with Crippen LogP contribution in [0.2, 0.25) is 0 Å². The molecule has 0 bridgehead atoms. The van der Waals surface area contributed by atoms with E-state index in [1.807, 2.05) is 19.9 Å². The Labute approximate surface area is 183 Å². The van der Waals surface area contributed by atoms with Gasteiger partial charge >= 0.3 is 5.97 Å². The van der Waals surface area contributed by atoms with Crippen molar-refractivity contribution in [2.75, 3.05) is 0 Å². The van der Waals surface area contributed by atoms with Crippen LogP contribution in [0.5, 0.6) is 5.75 Å². The number of hydrogen-bond donors (Lipinski definition) is 1. The van der Waals surface area contributed by atoms with Crippen LogP contribution in [0.4, 0.5) is 0 Å². The number of benzene rings is 3. The molecule has 0 aliphatic heterocycles. The minimum atomic E-state index is -3.81. The van der Waals surface area contributed by atoms with E-state index in [0.717, 1.165) is 15.6 Å². The molecule has 0 aromatic heterocycles. The number of esters is 1. The van der Waals surface area contributed by atoms with Gasteiger partial charge in [-0.3, -0.25) is 0 Å². The molecule has 154 valence electrons. The molecule has 8 heteroatoms. The number of sulfonamides is 1. The van der Waals surface area contributed by atoms with Gasteiger partial charge in [0.15, 0.2) is 0 Å². The van der Waals surface area contributed by atoms with Crippen molar-refractivity contribution >= 4 is 38.1 Å². The molecule has 30 heavy (non-hydrogen) atoms.